The average molecular weight is 487 g/mol. The van der Waals surface area contributed by atoms with Gasteiger partial charge in [-0.1, -0.05) is 36.4 Å². The van der Waals surface area contributed by atoms with E-state index in [9.17, 15) is 0 Å². The number of aromatic nitrogens is 6. The van der Waals surface area contributed by atoms with Crippen molar-refractivity contribution in [1.29, 1.82) is 0 Å². The number of hydrogen-bond acceptors (Lipinski definition) is 10. The molecule has 4 aromatic heterocycles. The maximum atomic E-state index is 5.25. The molecule has 0 radical (unpaired) electrons. The van der Waals surface area contributed by atoms with Crippen molar-refractivity contribution in [2.45, 2.75) is 20.8 Å². The number of nitrogens with zero attached hydrogens (tertiary/aromatic N) is 6. The van der Waals surface area contributed by atoms with Crippen LogP contribution < -0.4 is 0 Å². The molecule has 0 aliphatic heterocycles. The van der Waals surface area contributed by atoms with Gasteiger partial charge in [0.25, 0.3) is 0 Å². The summed E-state index contributed by atoms with van der Waals surface area (Å²) in [5.41, 5.74) is 2.91. The molecule has 176 valence electrons. The van der Waals surface area contributed by atoms with Crippen molar-refractivity contribution < 1.29 is 13.3 Å². The zero-order chi connectivity index (χ0) is 24.5. The van der Waals surface area contributed by atoms with Crippen LogP contribution in [0, 0.1) is 20.8 Å². The molecule has 2 aromatic carbocycles. The molecule has 0 spiro atoms. The molecule has 0 amide bonds. The topological polar surface area (TPSA) is 117 Å². The number of thiophene rings is 1. The van der Waals surface area contributed by atoms with Crippen molar-refractivity contribution in [3.05, 3.63) is 95.2 Å². The fourth-order valence-corrected chi connectivity index (χ4v) is 3.42. The summed E-state index contributed by atoms with van der Waals surface area (Å²) in [5, 5.41) is 26.9. The summed E-state index contributed by atoms with van der Waals surface area (Å²) in [6.07, 6.45) is 0. The number of aryl methyl sites for hydroxylation is 3. The molecule has 35 heavy (non-hydrogen) atoms. The lowest BCUT2D eigenvalue weighted by Gasteiger charge is -1.90. The molecule has 6 aromatic rings. The van der Waals surface area contributed by atoms with E-state index in [0.29, 0.717) is 35.3 Å². The molecule has 6 rings (SSSR count). The first-order valence-corrected chi connectivity index (χ1v) is 11.6. The van der Waals surface area contributed by atoms with Crippen LogP contribution in [0.1, 0.15) is 17.7 Å². The van der Waals surface area contributed by atoms with Crippen LogP contribution >= 0.6 is 11.3 Å². The van der Waals surface area contributed by atoms with Gasteiger partial charge in [-0.3, -0.25) is 0 Å². The first kappa shape index (κ1) is 23.7. The molecule has 0 unspecified atom stereocenters. The van der Waals surface area contributed by atoms with E-state index in [4.69, 9.17) is 13.3 Å². The number of benzene rings is 2. The second-order valence-electron chi connectivity index (χ2n) is 7.12. The van der Waals surface area contributed by atoms with Gasteiger partial charge in [-0.15, -0.1) is 30.6 Å². The van der Waals surface area contributed by atoms with Crippen LogP contribution in [0.3, 0.4) is 0 Å². The van der Waals surface area contributed by atoms with Gasteiger partial charge in [-0.2, -0.15) is 11.3 Å². The lowest BCUT2D eigenvalue weighted by molar-refractivity contribution is 0.532. The Kier molecular flexibility index (Phi) is 7.87. The average Bonchev–Trinajstić information content (AvgIpc) is 3.70. The molecule has 0 aliphatic rings. The van der Waals surface area contributed by atoms with Crippen molar-refractivity contribution in [3.8, 4) is 34.4 Å². The van der Waals surface area contributed by atoms with Crippen molar-refractivity contribution in [2.24, 2.45) is 0 Å². The van der Waals surface area contributed by atoms with E-state index >= 15 is 0 Å². The third kappa shape index (κ3) is 6.78. The van der Waals surface area contributed by atoms with E-state index in [1.165, 1.54) is 0 Å². The maximum Gasteiger partial charge on any atom is 0.248 e. The van der Waals surface area contributed by atoms with Crippen molar-refractivity contribution >= 4 is 11.3 Å². The van der Waals surface area contributed by atoms with Crippen LogP contribution in [0.15, 0.2) is 90.7 Å². The van der Waals surface area contributed by atoms with Crippen LogP contribution in [0.4, 0.5) is 0 Å². The summed E-state index contributed by atoms with van der Waals surface area (Å²) in [7, 11) is 0. The number of hydrogen-bond donors (Lipinski definition) is 0. The van der Waals surface area contributed by atoms with Gasteiger partial charge < -0.3 is 13.3 Å². The molecule has 0 N–H and O–H groups in total. The summed E-state index contributed by atoms with van der Waals surface area (Å²) in [4.78, 5) is 0. The van der Waals surface area contributed by atoms with Crippen molar-refractivity contribution in [2.75, 3.05) is 0 Å². The molecule has 9 nitrogen and oxygen atoms in total. The second kappa shape index (κ2) is 11.6. The molecule has 10 heteroatoms. The monoisotopic (exact) mass is 486 g/mol. The maximum absolute atomic E-state index is 5.25. The van der Waals surface area contributed by atoms with Gasteiger partial charge in [0, 0.05) is 42.8 Å². The van der Waals surface area contributed by atoms with Gasteiger partial charge in [-0.25, -0.2) is 0 Å². The Morgan fingerprint density at radius 2 is 0.886 bits per heavy atom. The summed E-state index contributed by atoms with van der Waals surface area (Å²) in [5.74, 6) is 3.54. The molecular formula is C25H22N6O3S. The Labute approximate surface area is 205 Å². The third-order valence-corrected chi connectivity index (χ3v) is 5.07. The highest BCUT2D eigenvalue weighted by Gasteiger charge is 2.05. The zero-order valence-corrected chi connectivity index (χ0v) is 20.1. The summed E-state index contributed by atoms with van der Waals surface area (Å²) < 4.78 is 15.7. The highest BCUT2D eigenvalue weighted by molar-refractivity contribution is 7.08. The Bertz CT molecular complexity index is 1350. The predicted molar refractivity (Wildman–Crippen MR) is 131 cm³/mol. The molecule has 0 atom stereocenters. The highest BCUT2D eigenvalue weighted by atomic mass is 32.1. The van der Waals surface area contributed by atoms with E-state index in [0.717, 1.165) is 16.7 Å². The Morgan fingerprint density at radius 3 is 1.20 bits per heavy atom. The van der Waals surface area contributed by atoms with Gasteiger partial charge in [0.15, 0.2) is 0 Å². The first-order valence-electron chi connectivity index (χ1n) is 10.6. The smallest absolute Gasteiger partial charge is 0.248 e. The van der Waals surface area contributed by atoms with Gasteiger partial charge in [0.1, 0.15) is 0 Å². The molecule has 0 saturated heterocycles. The SMILES string of the molecule is Cc1nnc(-c2ccccc2)o1.Cc1nnc(-c2ccccc2)o1.Cc1nnc(-c2ccsc2)o1. The van der Waals surface area contributed by atoms with E-state index in [2.05, 4.69) is 30.6 Å². The largest absolute Gasteiger partial charge is 0.421 e. The van der Waals surface area contributed by atoms with Crippen LogP contribution in [0.25, 0.3) is 34.4 Å². The van der Waals surface area contributed by atoms with Crippen LogP contribution in [0.2, 0.25) is 0 Å². The standard InChI is InChI=1S/2C9H8N2O.C7H6N2OS/c2*1-7-10-11-9(12-7)8-5-3-2-4-6-8;1-5-8-9-7(10-5)6-2-3-11-4-6/h2*2-6H,1H3;2-4H,1H3. The van der Waals surface area contributed by atoms with Crippen molar-refractivity contribution in [1.82, 2.24) is 30.6 Å². The molecular weight excluding hydrogens is 464 g/mol. The minimum absolute atomic E-state index is 0.577. The number of rotatable bonds is 3. The van der Waals surface area contributed by atoms with Crippen LogP contribution in [0.5, 0.6) is 0 Å². The van der Waals surface area contributed by atoms with Gasteiger partial charge in [-0.05, 0) is 35.7 Å². The zero-order valence-electron chi connectivity index (χ0n) is 19.3. The van der Waals surface area contributed by atoms with E-state index in [1.807, 2.05) is 77.5 Å². The molecule has 0 fully saturated rings. The Hall–Kier alpha value is -4.44. The first-order chi connectivity index (χ1) is 17.1. The quantitative estimate of drug-likeness (QED) is 0.288. The fourth-order valence-electron chi connectivity index (χ4n) is 2.79. The normalized spacial score (nSPS) is 10.1. The lowest BCUT2D eigenvalue weighted by atomic mass is 10.2. The minimum Gasteiger partial charge on any atom is -0.421 e. The third-order valence-electron chi connectivity index (χ3n) is 4.39. The van der Waals surface area contributed by atoms with Gasteiger partial charge >= 0.3 is 0 Å². The lowest BCUT2D eigenvalue weighted by Crippen LogP contribution is -1.75. The Morgan fingerprint density at radius 1 is 0.486 bits per heavy atom. The highest BCUT2D eigenvalue weighted by Crippen LogP contribution is 2.20. The van der Waals surface area contributed by atoms with E-state index in [1.54, 1.807) is 32.1 Å². The molecule has 0 saturated carbocycles. The second-order valence-corrected chi connectivity index (χ2v) is 7.90. The fraction of sp³-hybridized carbons (Fsp3) is 0.120. The molecule has 0 aliphatic carbocycles. The summed E-state index contributed by atoms with van der Waals surface area (Å²) in [6, 6.07) is 21.4. The van der Waals surface area contributed by atoms with E-state index < -0.39 is 0 Å². The van der Waals surface area contributed by atoms with Crippen LogP contribution in [-0.4, -0.2) is 30.6 Å². The minimum atomic E-state index is 0.577. The van der Waals surface area contributed by atoms with Gasteiger partial charge in [0.05, 0.1) is 0 Å². The van der Waals surface area contributed by atoms with Crippen molar-refractivity contribution in [3.63, 3.8) is 0 Å². The summed E-state index contributed by atoms with van der Waals surface area (Å²) >= 11 is 1.62. The predicted octanol–water partition coefficient (Wildman–Crippen LogP) is 6.20. The molecule has 0 bridgehead atoms. The summed E-state index contributed by atoms with van der Waals surface area (Å²) in [6.45, 7) is 5.34. The Balaban J connectivity index is 0.000000124. The van der Waals surface area contributed by atoms with Crippen LogP contribution in [-0.2, 0) is 0 Å². The molecule has 4 heterocycles. The van der Waals surface area contributed by atoms with Gasteiger partial charge in [0.2, 0.25) is 35.3 Å². The van der Waals surface area contributed by atoms with E-state index in [-0.39, 0.29) is 0 Å².